The molecular formula is C10H13ClN4O. The maximum absolute atomic E-state index is 11.6. The molecule has 1 aliphatic rings. The van der Waals surface area contributed by atoms with E-state index in [1.165, 1.54) is 12.4 Å². The summed E-state index contributed by atoms with van der Waals surface area (Å²) in [5, 5.41) is 2.94. The highest BCUT2D eigenvalue weighted by molar-refractivity contribution is 6.29. The molecule has 1 saturated carbocycles. The number of hydrogen-bond acceptors (Lipinski definition) is 4. The van der Waals surface area contributed by atoms with Crippen LogP contribution in [-0.4, -0.2) is 21.9 Å². The summed E-state index contributed by atoms with van der Waals surface area (Å²) in [5.41, 5.74) is 5.84. The van der Waals surface area contributed by atoms with Crippen LogP contribution in [0.3, 0.4) is 0 Å². The Morgan fingerprint density at radius 3 is 3.00 bits per heavy atom. The largest absolute Gasteiger partial charge is 0.327 e. The van der Waals surface area contributed by atoms with Gasteiger partial charge in [0.2, 0.25) is 5.91 Å². The predicted octanol–water partition coefficient (Wildman–Crippen LogP) is 1.20. The summed E-state index contributed by atoms with van der Waals surface area (Å²) in [7, 11) is 0. The van der Waals surface area contributed by atoms with Gasteiger partial charge in [0.05, 0.1) is 0 Å². The molecule has 6 heteroatoms. The van der Waals surface area contributed by atoms with Crippen molar-refractivity contribution in [1.82, 2.24) is 9.97 Å². The first-order valence-electron chi connectivity index (χ1n) is 5.18. The fourth-order valence-electron chi connectivity index (χ4n) is 1.50. The molecule has 1 aromatic rings. The van der Waals surface area contributed by atoms with Crippen molar-refractivity contribution < 1.29 is 4.79 Å². The first kappa shape index (κ1) is 11.3. The standard InChI is InChI=1S/C10H13ClN4O/c11-8-4-9(14-5-13-8)15-10(16)3-7(12)6-1-2-6/h4-7H,1-3,12H2,(H,13,14,15,16). The summed E-state index contributed by atoms with van der Waals surface area (Å²) in [5.74, 6) is 0.793. The molecular weight excluding hydrogens is 228 g/mol. The molecule has 0 spiro atoms. The van der Waals surface area contributed by atoms with Gasteiger partial charge in [-0.15, -0.1) is 0 Å². The molecule has 86 valence electrons. The van der Waals surface area contributed by atoms with Crippen molar-refractivity contribution >= 4 is 23.3 Å². The number of amides is 1. The zero-order valence-electron chi connectivity index (χ0n) is 8.69. The minimum Gasteiger partial charge on any atom is -0.327 e. The highest BCUT2D eigenvalue weighted by Crippen LogP contribution is 2.32. The van der Waals surface area contributed by atoms with Crippen LogP contribution in [0, 0.1) is 5.92 Å². The van der Waals surface area contributed by atoms with Crippen molar-refractivity contribution in [2.24, 2.45) is 11.7 Å². The Bertz CT molecular complexity index is 394. The highest BCUT2D eigenvalue weighted by atomic mass is 35.5. The number of carbonyl (C=O) groups excluding carboxylic acids is 1. The second-order valence-corrected chi connectivity index (χ2v) is 4.37. The zero-order valence-corrected chi connectivity index (χ0v) is 9.44. The van der Waals surface area contributed by atoms with E-state index in [1.54, 1.807) is 0 Å². The first-order valence-corrected chi connectivity index (χ1v) is 5.56. The summed E-state index contributed by atoms with van der Waals surface area (Å²) >= 11 is 5.67. The van der Waals surface area contributed by atoms with E-state index in [0.717, 1.165) is 12.8 Å². The Hall–Kier alpha value is -1.20. The van der Waals surface area contributed by atoms with Crippen LogP contribution >= 0.6 is 11.6 Å². The molecule has 1 unspecified atom stereocenters. The van der Waals surface area contributed by atoms with Gasteiger partial charge in [-0.3, -0.25) is 4.79 Å². The van der Waals surface area contributed by atoms with Crippen molar-refractivity contribution in [2.75, 3.05) is 5.32 Å². The van der Waals surface area contributed by atoms with E-state index < -0.39 is 0 Å². The maximum atomic E-state index is 11.6. The number of nitrogens with two attached hydrogens (primary N) is 1. The number of halogens is 1. The SMILES string of the molecule is NC(CC(=O)Nc1cc(Cl)ncn1)C1CC1. The lowest BCUT2D eigenvalue weighted by Gasteiger charge is -2.09. The van der Waals surface area contributed by atoms with E-state index in [4.69, 9.17) is 17.3 Å². The van der Waals surface area contributed by atoms with E-state index in [1.807, 2.05) is 0 Å². The molecule has 2 rings (SSSR count). The minimum absolute atomic E-state index is 0.0442. The van der Waals surface area contributed by atoms with E-state index in [9.17, 15) is 4.79 Å². The van der Waals surface area contributed by atoms with Gasteiger partial charge < -0.3 is 11.1 Å². The monoisotopic (exact) mass is 240 g/mol. The van der Waals surface area contributed by atoms with Crippen molar-refractivity contribution in [2.45, 2.75) is 25.3 Å². The molecule has 5 nitrogen and oxygen atoms in total. The van der Waals surface area contributed by atoms with Crippen LogP contribution in [-0.2, 0) is 4.79 Å². The second kappa shape index (κ2) is 4.76. The van der Waals surface area contributed by atoms with Gasteiger partial charge in [-0.05, 0) is 18.8 Å². The Balaban J connectivity index is 1.86. The van der Waals surface area contributed by atoms with Gasteiger partial charge in [0, 0.05) is 18.5 Å². The van der Waals surface area contributed by atoms with Crippen molar-refractivity contribution in [1.29, 1.82) is 0 Å². The van der Waals surface area contributed by atoms with E-state index in [0.29, 0.717) is 23.3 Å². The Morgan fingerprint density at radius 2 is 2.38 bits per heavy atom. The van der Waals surface area contributed by atoms with Gasteiger partial charge in [0.15, 0.2) is 0 Å². The van der Waals surface area contributed by atoms with Gasteiger partial charge in [-0.25, -0.2) is 9.97 Å². The molecule has 1 aliphatic carbocycles. The van der Waals surface area contributed by atoms with E-state index in [-0.39, 0.29) is 11.9 Å². The van der Waals surface area contributed by atoms with Gasteiger partial charge in [-0.2, -0.15) is 0 Å². The summed E-state index contributed by atoms with van der Waals surface area (Å²) in [6.45, 7) is 0. The van der Waals surface area contributed by atoms with Crippen molar-refractivity contribution in [3.63, 3.8) is 0 Å². The normalized spacial score (nSPS) is 16.9. The van der Waals surface area contributed by atoms with Gasteiger partial charge in [0.1, 0.15) is 17.3 Å². The number of hydrogen-bond donors (Lipinski definition) is 2. The fourth-order valence-corrected chi connectivity index (χ4v) is 1.65. The van der Waals surface area contributed by atoms with Crippen LogP contribution in [0.15, 0.2) is 12.4 Å². The van der Waals surface area contributed by atoms with Gasteiger partial charge >= 0.3 is 0 Å². The third-order valence-electron chi connectivity index (χ3n) is 2.55. The van der Waals surface area contributed by atoms with Crippen LogP contribution in [0.5, 0.6) is 0 Å². The number of rotatable bonds is 4. The van der Waals surface area contributed by atoms with Crippen molar-refractivity contribution in [3.8, 4) is 0 Å². The first-order chi connectivity index (χ1) is 7.65. The molecule has 0 radical (unpaired) electrons. The number of nitrogens with one attached hydrogen (secondary N) is 1. The molecule has 3 N–H and O–H groups in total. The molecule has 1 aromatic heterocycles. The Morgan fingerprint density at radius 1 is 1.62 bits per heavy atom. The molecule has 0 saturated heterocycles. The Labute approximate surface area is 98.4 Å². The number of carbonyl (C=O) groups is 1. The molecule has 0 bridgehead atoms. The number of aromatic nitrogens is 2. The van der Waals surface area contributed by atoms with Crippen LogP contribution in [0.2, 0.25) is 5.15 Å². The predicted molar refractivity (Wildman–Crippen MR) is 61.0 cm³/mol. The smallest absolute Gasteiger partial charge is 0.227 e. The van der Waals surface area contributed by atoms with Crippen LogP contribution in [0.1, 0.15) is 19.3 Å². The lowest BCUT2D eigenvalue weighted by Crippen LogP contribution is -2.29. The molecule has 1 heterocycles. The number of anilines is 1. The quantitative estimate of drug-likeness (QED) is 0.775. The number of nitrogens with zero attached hydrogens (tertiary/aromatic N) is 2. The molecule has 1 amide bonds. The molecule has 0 aliphatic heterocycles. The van der Waals surface area contributed by atoms with E-state index in [2.05, 4.69) is 15.3 Å². The lowest BCUT2D eigenvalue weighted by atomic mass is 10.1. The summed E-state index contributed by atoms with van der Waals surface area (Å²) in [6, 6.07) is 1.46. The summed E-state index contributed by atoms with van der Waals surface area (Å²) < 4.78 is 0. The third-order valence-corrected chi connectivity index (χ3v) is 2.76. The molecule has 16 heavy (non-hydrogen) atoms. The van der Waals surface area contributed by atoms with Crippen LogP contribution in [0.4, 0.5) is 5.82 Å². The molecule has 0 aromatic carbocycles. The maximum Gasteiger partial charge on any atom is 0.227 e. The fraction of sp³-hybridized carbons (Fsp3) is 0.500. The van der Waals surface area contributed by atoms with E-state index >= 15 is 0 Å². The Kier molecular flexibility index (Phi) is 3.36. The van der Waals surface area contributed by atoms with Gasteiger partial charge in [0.25, 0.3) is 0 Å². The topological polar surface area (TPSA) is 80.9 Å². The van der Waals surface area contributed by atoms with Gasteiger partial charge in [-0.1, -0.05) is 11.6 Å². The average Bonchev–Trinajstić information content (AvgIpc) is 2.99. The zero-order chi connectivity index (χ0) is 11.5. The average molecular weight is 241 g/mol. The van der Waals surface area contributed by atoms with Crippen molar-refractivity contribution in [3.05, 3.63) is 17.5 Å². The summed E-state index contributed by atoms with van der Waals surface area (Å²) in [4.78, 5) is 19.2. The molecule has 1 atom stereocenters. The molecule has 1 fully saturated rings. The third kappa shape index (κ3) is 3.15. The lowest BCUT2D eigenvalue weighted by molar-refractivity contribution is -0.116. The second-order valence-electron chi connectivity index (χ2n) is 3.98. The summed E-state index contributed by atoms with van der Waals surface area (Å²) in [6.07, 6.45) is 3.90. The minimum atomic E-state index is -0.130. The highest BCUT2D eigenvalue weighted by Gasteiger charge is 2.29. The van der Waals surface area contributed by atoms with Crippen LogP contribution < -0.4 is 11.1 Å². The van der Waals surface area contributed by atoms with Crippen LogP contribution in [0.25, 0.3) is 0 Å².